The van der Waals surface area contributed by atoms with E-state index in [9.17, 15) is 8.78 Å². The Morgan fingerprint density at radius 2 is 1.76 bits per heavy atom. The number of H-pyrrole nitrogens is 1. The second kappa shape index (κ2) is 10.9. The lowest BCUT2D eigenvalue weighted by molar-refractivity contribution is 0.202. The Hall–Kier alpha value is -4.83. The van der Waals surface area contributed by atoms with Crippen LogP contribution in [0, 0.1) is 18.6 Å². The number of hydrogen-bond acceptors (Lipinski definition) is 6. The third kappa shape index (κ3) is 5.16. The standard InChI is InChI=1S/C32H28F2N8/c1-20-16-29-36-30(26(19-42(29)40-20)25-17-24(33)9-10-27(25)34)22-7-5-21(6-8-22)18-41-14-11-23(12-15-41)31-37-32(39-38-31)28-4-2-3-13-35-28/h2-10,13,16-17,19,23H,11-12,14-15,18H2,1H3,(H,37,38,39). The van der Waals surface area contributed by atoms with Gasteiger partial charge < -0.3 is 0 Å². The minimum absolute atomic E-state index is 0.151. The molecule has 1 fully saturated rings. The van der Waals surface area contributed by atoms with Crippen molar-refractivity contribution in [2.24, 2.45) is 0 Å². The van der Waals surface area contributed by atoms with E-state index >= 15 is 0 Å². The zero-order valence-electron chi connectivity index (χ0n) is 23.0. The number of aromatic nitrogens is 7. The molecule has 42 heavy (non-hydrogen) atoms. The highest BCUT2D eigenvalue weighted by Gasteiger charge is 2.24. The Balaban J connectivity index is 1.07. The second-order valence-electron chi connectivity index (χ2n) is 10.7. The first kappa shape index (κ1) is 26.1. The van der Waals surface area contributed by atoms with E-state index in [0.29, 0.717) is 28.6 Å². The minimum atomic E-state index is -0.513. The molecule has 7 rings (SSSR count). The Kier molecular flexibility index (Phi) is 6.75. The smallest absolute Gasteiger partial charge is 0.199 e. The number of halogens is 2. The lowest BCUT2D eigenvalue weighted by atomic mass is 9.95. The van der Waals surface area contributed by atoms with Crippen LogP contribution in [-0.2, 0) is 6.54 Å². The molecule has 2 aromatic carbocycles. The molecule has 8 nitrogen and oxygen atoms in total. The van der Waals surface area contributed by atoms with Gasteiger partial charge in [-0.25, -0.2) is 23.3 Å². The summed E-state index contributed by atoms with van der Waals surface area (Å²) in [5.41, 5.74) is 5.42. The van der Waals surface area contributed by atoms with Crippen LogP contribution in [0.4, 0.5) is 8.78 Å². The van der Waals surface area contributed by atoms with Crippen LogP contribution in [0.3, 0.4) is 0 Å². The molecule has 1 aliphatic rings. The van der Waals surface area contributed by atoms with Crippen LogP contribution >= 0.6 is 0 Å². The molecule has 0 unspecified atom stereocenters. The van der Waals surface area contributed by atoms with Crippen molar-refractivity contribution < 1.29 is 8.78 Å². The molecule has 5 heterocycles. The summed E-state index contributed by atoms with van der Waals surface area (Å²) in [6.07, 6.45) is 5.45. The summed E-state index contributed by atoms with van der Waals surface area (Å²) >= 11 is 0. The second-order valence-corrected chi connectivity index (χ2v) is 10.7. The van der Waals surface area contributed by atoms with Crippen LogP contribution in [0.1, 0.15) is 35.8 Å². The summed E-state index contributed by atoms with van der Waals surface area (Å²) in [6.45, 7) is 4.60. The Morgan fingerprint density at radius 1 is 0.929 bits per heavy atom. The van der Waals surface area contributed by atoms with E-state index in [1.807, 2.05) is 43.3 Å². The molecule has 0 aliphatic carbocycles. The molecule has 0 atom stereocenters. The SMILES string of the molecule is Cc1cc2nc(-c3ccc(CN4CCC(c5nc(-c6ccccn6)n[nH]5)CC4)cc3)c(-c3cc(F)ccc3F)cn2n1. The summed E-state index contributed by atoms with van der Waals surface area (Å²) < 4.78 is 30.6. The third-order valence-corrected chi connectivity index (χ3v) is 7.79. The number of hydrogen-bond donors (Lipinski definition) is 1. The number of rotatable bonds is 6. The van der Waals surface area contributed by atoms with Crippen LogP contribution in [0.5, 0.6) is 0 Å². The Bertz CT molecular complexity index is 1860. The average molecular weight is 563 g/mol. The zero-order valence-corrected chi connectivity index (χ0v) is 23.0. The third-order valence-electron chi connectivity index (χ3n) is 7.79. The highest BCUT2D eigenvalue weighted by molar-refractivity contribution is 5.82. The van der Waals surface area contributed by atoms with Gasteiger partial charge in [-0.3, -0.25) is 15.0 Å². The van der Waals surface area contributed by atoms with Crippen molar-refractivity contribution in [1.29, 1.82) is 0 Å². The molecule has 210 valence electrons. The normalized spacial score (nSPS) is 14.5. The van der Waals surface area contributed by atoms with Gasteiger partial charge in [0.25, 0.3) is 0 Å². The molecule has 1 saturated heterocycles. The highest BCUT2D eigenvalue weighted by atomic mass is 19.1. The molecule has 0 bridgehead atoms. The van der Waals surface area contributed by atoms with Crippen LogP contribution in [0.2, 0.25) is 0 Å². The molecule has 1 aliphatic heterocycles. The van der Waals surface area contributed by atoms with Crippen molar-refractivity contribution in [1.82, 2.24) is 39.7 Å². The Morgan fingerprint density at radius 3 is 2.55 bits per heavy atom. The van der Waals surface area contributed by atoms with Gasteiger partial charge in [-0.2, -0.15) is 10.2 Å². The number of fused-ring (bicyclic) bond motifs is 1. The first-order valence-electron chi connectivity index (χ1n) is 14.0. The summed E-state index contributed by atoms with van der Waals surface area (Å²) in [5.74, 6) is 0.867. The van der Waals surface area contributed by atoms with Crippen molar-refractivity contribution in [3.63, 3.8) is 0 Å². The van der Waals surface area contributed by atoms with E-state index in [1.165, 1.54) is 11.6 Å². The minimum Gasteiger partial charge on any atom is -0.299 e. The fourth-order valence-corrected chi connectivity index (χ4v) is 5.62. The van der Waals surface area contributed by atoms with E-state index in [0.717, 1.165) is 67.4 Å². The van der Waals surface area contributed by atoms with Crippen LogP contribution in [0.15, 0.2) is 79.1 Å². The van der Waals surface area contributed by atoms with E-state index < -0.39 is 11.6 Å². The van der Waals surface area contributed by atoms with Gasteiger partial charge in [0.15, 0.2) is 11.5 Å². The fourth-order valence-electron chi connectivity index (χ4n) is 5.62. The number of benzene rings is 2. The quantitative estimate of drug-likeness (QED) is 0.260. The van der Waals surface area contributed by atoms with Gasteiger partial charge in [-0.05, 0) is 68.8 Å². The molecule has 0 saturated carbocycles. The van der Waals surface area contributed by atoms with Gasteiger partial charge in [0.05, 0.1) is 11.4 Å². The van der Waals surface area contributed by atoms with Gasteiger partial charge in [0.1, 0.15) is 23.2 Å². The van der Waals surface area contributed by atoms with Crippen molar-refractivity contribution >= 4 is 5.65 Å². The maximum Gasteiger partial charge on any atom is 0.199 e. The molecule has 0 radical (unpaired) electrons. The number of aromatic amines is 1. The van der Waals surface area contributed by atoms with Crippen LogP contribution in [0.25, 0.3) is 39.5 Å². The number of nitrogens with zero attached hydrogens (tertiary/aromatic N) is 7. The topological polar surface area (TPSA) is 87.9 Å². The number of aryl methyl sites for hydroxylation is 1. The number of likely N-dealkylation sites (tertiary alicyclic amines) is 1. The molecule has 10 heteroatoms. The van der Waals surface area contributed by atoms with Crippen molar-refractivity contribution in [2.45, 2.75) is 32.2 Å². The van der Waals surface area contributed by atoms with Crippen LogP contribution < -0.4 is 0 Å². The molecule has 0 amide bonds. The van der Waals surface area contributed by atoms with Gasteiger partial charge in [0.2, 0.25) is 0 Å². The zero-order chi connectivity index (χ0) is 28.6. The average Bonchev–Trinajstić information content (AvgIpc) is 3.65. The van der Waals surface area contributed by atoms with Gasteiger partial charge >= 0.3 is 0 Å². The number of pyridine rings is 1. The Labute approximate surface area is 241 Å². The van der Waals surface area contributed by atoms with E-state index in [-0.39, 0.29) is 5.56 Å². The summed E-state index contributed by atoms with van der Waals surface area (Å²) in [6, 6.07) is 19.2. The maximum absolute atomic E-state index is 14.9. The molecule has 0 spiro atoms. The highest BCUT2D eigenvalue weighted by Crippen LogP contribution is 2.34. The van der Waals surface area contributed by atoms with E-state index in [1.54, 1.807) is 16.9 Å². The van der Waals surface area contributed by atoms with Crippen molar-refractivity contribution in [3.8, 4) is 33.9 Å². The van der Waals surface area contributed by atoms with Gasteiger partial charge in [0, 0.05) is 47.6 Å². The van der Waals surface area contributed by atoms with Gasteiger partial charge in [-0.15, -0.1) is 0 Å². The lowest BCUT2D eigenvalue weighted by Gasteiger charge is -2.31. The van der Waals surface area contributed by atoms with Gasteiger partial charge in [-0.1, -0.05) is 30.3 Å². The molecule has 1 N–H and O–H groups in total. The summed E-state index contributed by atoms with van der Waals surface area (Å²) in [5, 5.41) is 11.9. The molecule has 6 aromatic rings. The summed E-state index contributed by atoms with van der Waals surface area (Å²) in [7, 11) is 0. The van der Waals surface area contributed by atoms with Crippen LogP contribution in [-0.4, -0.2) is 52.8 Å². The van der Waals surface area contributed by atoms with E-state index in [4.69, 9.17) is 9.97 Å². The first-order chi connectivity index (χ1) is 20.5. The fraction of sp³-hybridized carbons (Fsp3) is 0.219. The van der Waals surface area contributed by atoms with E-state index in [2.05, 4.69) is 37.3 Å². The summed E-state index contributed by atoms with van der Waals surface area (Å²) in [4.78, 5) is 16.3. The number of nitrogens with one attached hydrogen (secondary N) is 1. The predicted octanol–water partition coefficient (Wildman–Crippen LogP) is 6.21. The molecular formula is C32H28F2N8. The monoisotopic (exact) mass is 562 g/mol. The van der Waals surface area contributed by atoms with Crippen molar-refractivity contribution in [2.75, 3.05) is 13.1 Å². The van der Waals surface area contributed by atoms with Crippen molar-refractivity contribution in [3.05, 3.63) is 108 Å². The molecular weight excluding hydrogens is 534 g/mol. The lowest BCUT2D eigenvalue weighted by Crippen LogP contribution is -2.32. The maximum atomic E-state index is 14.9. The first-order valence-corrected chi connectivity index (χ1v) is 14.0. The number of piperidine rings is 1. The largest absolute Gasteiger partial charge is 0.299 e. The predicted molar refractivity (Wildman–Crippen MR) is 155 cm³/mol. The molecule has 4 aromatic heterocycles.